The summed E-state index contributed by atoms with van der Waals surface area (Å²) in [4.78, 5) is 2.24. The minimum atomic E-state index is 0.610. The van der Waals surface area contributed by atoms with Gasteiger partial charge in [-0.25, -0.2) is 0 Å². The number of hydrogen-bond donors (Lipinski definition) is 0. The molecule has 3 nitrogen and oxygen atoms in total. The van der Waals surface area contributed by atoms with Crippen LogP contribution in [-0.4, -0.2) is 7.11 Å². The highest BCUT2D eigenvalue weighted by molar-refractivity contribution is 5.90. The topological polar surface area (TPSA) is 36.3 Å². The Morgan fingerprint density at radius 2 is 1.15 bits per heavy atom. The third-order valence-corrected chi connectivity index (χ3v) is 5.57. The summed E-state index contributed by atoms with van der Waals surface area (Å²) < 4.78 is 5.22. The zero-order valence-electron chi connectivity index (χ0n) is 19.1. The van der Waals surface area contributed by atoms with Crippen molar-refractivity contribution >= 4 is 28.7 Å². The monoisotopic (exact) mass is 430 g/mol. The predicted octanol–water partition coefficient (Wildman–Crippen LogP) is 7.85. The van der Waals surface area contributed by atoms with Gasteiger partial charge in [-0.15, -0.1) is 0 Å². The van der Waals surface area contributed by atoms with Gasteiger partial charge in [-0.2, -0.15) is 5.26 Å². The van der Waals surface area contributed by atoms with E-state index in [9.17, 15) is 5.26 Å². The van der Waals surface area contributed by atoms with E-state index in [4.69, 9.17) is 4.74 Å². The van der Waals surface area contributed by atoms with Crippen LogP contribution in [0.3, 0.4) is 0 Å². The number of hydrogen-bond acceptors (Lipinski definition) is 3. The quantitative estimate of drug-likeness (QED) is 0.231. The van der Waals surface area contributed by atoms with Crippen molar-refractivity contribution in [3.63, 3.8) is 0 Å². The van der Waals surface area contributed by atoms with Crippen LogP contribution in [0.15, 0.2) is 97.1 Å². The maximum atomic E-state index is 9.69. The minimum Gasteiger partial charge on any atom is -0.497 e. The Balaban J connectivity index is 1.68. The molecule has 162 valence electrons. The van der Waals surface area contributed by atoms with E-state index in [1.165, 1.54) is 11.1 Å². The number of benzene rings is 4. The summed E-state index contributed by atoms with van der Waals surface area (Å²) >= 11 is 0. The molecule has 0 fully saturated rings. The van der Waals surface area contributed by atoms with Gasteiger partial charge in [0.05, 0.1) is 18.8 Å². The molecule has 33 heavy (non-hydrogen) atoms. The molecule has 0 aromatic heterocycles. The third kappa shape index (κ3) is 5.14. The molecule has 0 spiro atoms. The van der Waals surface area contributed by atoms with Gasteiger partial charge >= 0.3 is 0 Å². The number of anilines is 3. The van der Waals surface area contributed by atoms with Gasteiger partial charge in [0.25, 0.3) is 0 Å². The molecule has 4 aromatic rings. The first kappa shape index (κ1) is 21.9. The summed E-state index contributed by atoms with van der Waals surface area (Å²) in [6, 6.07) is 35.2. The van der Waals surface area contributed by atoms with Crippen LogP contribution in [0, 0.1) is 25.2 Å². The van der Waals surface area contributed by atoms with E-state index < -0.39 is 0 Å². The van der Waals surface area contributed by atoms with Crippen molar-refractivity contribution in [2.75, 3.05) is 12.0 Å². The van der Waals surface area contributed by atoms with E-state index in [0.29, 0.717) is 5.57 Å². The molecule has 0 bridgehead atoms. The molecule has 0 heterocycles. The largest absolute Gasteiger partial charge is 0.497 e. The third-order valence-electron chi connectivity index (χ3n) is 5.57. The number of aryl methyl sites for hydroxylation is 2. The van der Waals surface area contributed by atoms with Crippen molar-refractivity contribution in [2.45, 2.75) is 13.8 Å². The Kier molecular flexibility index (Phi) is 6.57. The molecule has 0 N–H and O–H groups in total. The SMILES string of the molecule is COc1ccc(/C(C#N)=C/c2ccc(N(c3ccc(C)cc3)c3ccc(C)cc3)cc2)cc1. The number of methoxy groups -OCH3 is 1. The summed E-state index contributed by atoms with van der Waals surface area (Å²) in [5.41, 5.74) is 8.16. The zero-order valence-corrected chi connectivity index (χ0v) is 19.1. The Bertz CT molecular complexity index is 1230. The van der Waals surface area contributed by atoms with Gasteiger partial charge in [0.2, 0.25) is 0 Å². The second-order valence-electron chi connectivity index (χ2n) is 8.00. The van der Waals surface area contributed by atoms with Crippen LogP contribution in [0.4, 0.5) is 17.1 Å². The molecule has 0 aliphatic carbocycles. The summed E-state index contributed by atoms with van der Waals surface area (Å²) in [6.45, 7) is 4.19. The van der Waals surface area contributed by atoms with Gasteiger partial charge in [-0.1, -0.05) is 47.5 Å². The fraction of sp³-hybridized carbons (Fsp3) is 0.100. The van der Waals surface area contributed by atoms with Crippen LogP contribution < -0.4 is 9.64 Å². The smallest absolute Gasteiger partial charge is 0.118 e. The van der Waals surface area contributed by atoms with Gasteiger partial charge in [0.15, 0.2) is 0 Å². The standard InChI is InChI=1S/C30H26N2O/c1-22-4-12-27(13-5-22)32(28-14-6-23(2)7-15-28)29-16-8-24(9-17-29)20-26(21-31)25-10-18-30(33-3)19-11-25/h4-20H,1-3H3/b26-20+. The molecule has 0 amide bonds. The van der Waals surface area contributed by atoms with Gasteiger partial charge in [0, 0.05) is 17.1 Å². The van der Waals surface area contributed by atoms with E-state index in [1.54, 1.807) is 7.11 Å². The molecular weight excluding hydrogens is 404 g/mol. The van der Waals surface area contributed by atoms with E-state index in [-0.39, 0.29) is 0 Å². The Morgan fingerprint density at radius 3 is 1.58 bits per heavy atom. The van der Waals surface area contributed by atoms with Crippen LogP contribution >= 0.6 is 0 Å². The Hall–Kier alpha value is -4.29. The van der Waals surface area contributed by atoms with Crippen molar-refractivity contribution in [1.29, 1.82) is 5.26 Å². The number of nitrogens with zero attached hydrogens (tertiary/aromatic N) is 2. The molecular formula is C30H26N2O. The van der Waals surface area contributed by atoms with Crippen molar-refractivity contribution in [3.05, 3.63) is 119 Å². The van der Waals surface area contributed by atoms with Gasteiger partial charge in [-0.05, 0) is 91.7 Å². The lowest BCUT2D eigenvalue weighted by atomic mass is 10.0. The predicted molar refractivity (Wildman–Crippen MR) is 137 cm³/mol. The zero-order chi connectivity index (χ0) is 23.2. The van der Waals surface area contributed by atoms with Crippen LogP contribution in [0.1, 0.15) is 22.3 Å². The van der Waals surface area contributed by atoms with E-state index in [2.05, 4.69) is 85.5 Å². The van der Waals surface area contributed by atoms with Crippen LogP contribution in [-0.2, 0) is 0 Å². The summed E-state index contributed by atoms with van der Waals surface area (Å²) in [6.07, 6.45) is 1.91. The van der Waals surface area contributed by atoms with Crippen molar-refractivity contribution < 1.29 is 4.74 Å². The van der Waals surface area contributed by atoms with Crippen molar-refractivity contribution in [1.82, 2.24) is 0 Å². The first-order valence-corrected chi connectivity index (χ1v) is 10.9. The van der Waals surface area contributed by atoms with Crippen LogP contribution in [0.2, 0.25) is 0 Å². The number of ether oxygens (including phenoxy) is 1. The fourth-order valence-electron chi connectivity index (χ4n) is 3.67. The van der Waals surface area contributed by atoms with Crippen LogP contribution in [0.5, 0.6) is 5.75 Å². The highest BCUT2D eigenvalue weighted by Gasteiger charge is 2.12. The average Bonchev–Trinajstić information content (AvgIpc) is 2.86. The molecule has 0 unspecified atom stereocenters. The molecule has 0 aliphatic heterocycles. The summed E-state index contributed by atoms with van der Waals surface area (Å²) in [7, 11) is 1.63. The normalized spacial score (nSPS) is 11.0. The Morgan fingerprint density at radius 1 is 0.697 bits per heavy atom. The number of allylic oxidation sites excluding steroid dienone is 1. The Labute approximate surface area is 195 Å². The molecule has 3 heteroatoms. The second-order valence-corrected chi connectivity index (χ2v) is 8.00. The number of nitriles is 1. The minimum absolute atomic E-state index is 0.610. The molecule has 4 aromatic carbocycles. The molecule has 0 radical (unpaired) electrons. The van der Waals surface area contributed by atoms with Gasteiger partial charge < -0.3 is 9.64 Å². The summed E-state index contributed by atoms with van der Waals surface area (Å²) in [5, 5.41) is 9.69. The highest BCUT2D eigenvalue weighted by Crippen LogP contribution is 2.35. The molecule has 4 rings (SSSR count). The molecule has 0 atom stereocenters. The fourth-order valence-corrected chi connectivity index (χ4v) is 3.67. The second kappa shape index (κ2) is 9.89. The van der Waals surface area contributed by atoms with Gasteiger partial charge in [-0.3, -0.25) is 0 Å². The lowest BCUT2D eigenvalue weighted by Gasteiger charge is -2.26. The first-order valence-electron chi connectivity index (χ1n) is 10.9. The molecule has 0 saturated heterocycles. The summed E-state index contributed by atoms with van der Waals surface area (Å²) in [5.74, 6) is 0.771. The maximum absolute atomic E-state index is 9.69. The van der Waals surface area contributed by atoms with E-state index in [1.807, 2.05) is 42.5 Å². The highest BCUT2D eigenvalue weighted by atomic mass is 16.5. The molecule has 0 aliphatic rings. The van der Waals surface area contributed by atoms with Crippen LogP contribution in [0.25, 0.3) is 11.6 Å². The lowest BCUT2D eigenvalue weighted by Crippen LogP contribution is -2.09. The van der Waals surface area contributed by atoms with Crippen molar-refractivity contribution in [3.8, 4) is 11.8 Å². The van der Waals surface area contributed by atoms with E-state index >= 15 is 0 Å². The van der Waals surface area contributed by atoms with E-state index in [0.717, 1.165) is 33.9 Å². The number of rotatable bonds is 6. The van der Waals surface area contributed by atoms with Gasteiger partial charge in [0.1, 0.15) is 5.75 Å². The van der Waals surface area contributed by atoms with Crippen molar-refractivity contribution in [2.24, 2.45) is 0 Å². The lowest BCUT2D eigenvalue weighted by molar-refractivity contribution is 0.415. The maximum Gasteiger partial charge on any atom is 0.118 e. The average molecular weight is 431 g/mol. The molecule has 0 saturated carbocycles. The first-order chi connectivity index (χ1) is 16.1.